The Bertz CT molecular complexity index is 1520. The molecule has 5 rings (SSSR count). The van der Waals surface area contributed by atoms with E-state index in [9.17, 15) is 23.2 Å². The number of nitrogens with one attached hydrogen (secondary N) is 1. The van der Waals surface area contributed by atoms with E-state index in [2.05, 4.69) is 10.3 Å². The predicted molar refractivity (Wildman–Crippen MR) is 148 cm³/mol. The van der Waals surface area contributed by atoms with Gasteiger partial charge in [-0.3, -0.25) is 14.4 Å². The van der Waals surface area contributed by atoms with Crippen molar-refractivity contribution in [1.29, 1.82) is 0 Å². The molecule has 13 heteroatoms. The van der Waals surface area contributed by atoms with Gasteiger partial charge in [-0.25, -0.2) is 9.37 Å². The molecule has 3 aromatic rings. The van der Waals surface area contributed by atoms with Crippen LogP contribution in [0.2, 0.25) is 5.02 Å². The Balaban J connectivity index is 1.23. The molecule has 0 radical (unpaired) electrons. The van der Waals surface area contributed by atoms with Crippen molar-refractivity contribution in [2.24, 2.45) is 18.7 Å². The average Bonchev–Trinajstić information content (AvgIpc) is 3.33. The predicted octanol–water partition coefficient (Wildman–Crippen LogP) is 3.30. The summed E-state index contributed by atoms with van der Waals surface area (Å²) in [5.41, 5.74) is 6.48. The van der Waals surface area contributed by atoms with Gasteiger partial charge < -0.3 is 30.2 Å². The molecule has 0 unspecified atom stereocenters. The molecule has 41 heavy (non-hydrogen) atoms. The first kappa shape index (κ1) is 28.5. The van der Waals surface area contributed by atoms with Crippen molar-refractivity contribution in [3.63, 3.8) is 0 Å². The number of nitrogens with two attached hydrogens (primary N) is 1. The third kappa shape index (κ3) is 5.49. The number of anilines is 1. The number of methoxy groups -OCH3 is 1. The van der Waals surface area contributed by atoms with Crippen molar-refractivity contribution in [2.75, 3.05) is 38.6 Å². The summed E-state index contributed by atoms with van der Waals surface area (Å²) in [5.74, 6) is -3.45. The monoisotopic (exact) mass is 586 g/mol. The van der Waals surface area contributed by atoms with Crippen LogP contribution in [0.4, 0.5) is 14.5 Å². The summed E-state index contributed by atoms with van der Waals surface area (Å²) in [6.07, 6.45) is 2.41. The van der Waals surface area contributed by atoms with E-state index in [-0.39, 0.29) is 57.2 Å². The molecule has 0 aliphatic carbocycles. The fourth-order valence-corrected chi connectivity index (χ4v) is 5.42. The Morgan fingerprint density at radius 1 is 1.07 bits per heavy atom. The number of rotatable bonds is 6. The van der Waals surface area contributed by atoms with Gasteiger partial charge in [-0.2, -0.15) is 4.39 Å². The molecule has 2 fully saturated rings. The van der Waals surface area contributed by atoms with Crippen molar-refractivity contribution in [1.82, 2.24) is 19.4 Å². The van der Waals surface area contributed by atoms with Gasteiger partial charge in [0.25, 0.3) is 11.8 Å². The average molecular weight is 587 g/mol. The molecular weight excluding hydrogens is 558 g/mol. The molecule has 1 aromatic heterocycles. The van der Waals surface area contributed by atoms with Crippen LogP contribution in [0.1, 0.15) is 33.8 Å². The Morgan fingerprint density at radius 3 is 2.41 bits per heavy atom. The molecule has 3 N–H and O–H groups in total. The van der Waals surface area contributed by atoms with E-state index in [1.54, 1.807) is 15.9 Å². The third-order valence-corrected chi connectivity index (χ3v) is 7.86. The second-order valence-electron chi connectivity index (χ2n) is 10.2. The zero-order valence-corrected chi connectivity index (χ0v) is 23.3. The molecule has 0 spiro atoms. The zero-order chi connectivity index (χ0) is 29.4. The quantitative estimate of drug-likeness (QED) is 0.457. The standard InChI is InChI=1S/C28H29ClF2N6O4/c1-35-21(19-5-6-22(41-2)24(31)23(19)30)12-33-25(35)26(38)34-17-3-4-18(20(29)11-17)28(40)36-9-7-15(8-10-36)27(39)37-13-16(32)14-37/h3-6,11-12,15-16H,7-10,13-14,32H2,1-2H3,(H,34,38). The minimum absolute atomic E-state index is 0.0478. The smallest absolute Gasteiger partial charge is 0.291 e. The molecule has 10 nitrogen and oxygen atoms in total. The molecule has 216 valence electrons. The number of imidazole rings is 1. The molecule has 2 aliphatic rings. The van der Waals surface area contributed by atoms with Crippen LogP contribution < -0.4 is 15.8 Å². The van der Waals surface area contributed by atoms with Crippen molar-refractivity contribution in [3.05, 3.63) is 64.6 Å². The fraction of sp³-hybridized carbons (Fsp3) is 0.357. The first-order chi connectivity index (χ1) is 19.6. The minimum Gasteiger partial charge on any atom is -0.494 e. The van der Waals surface area contributed by atoms with E-state index >= 15 is 0 Å². The summed E-state index contributed by atoms with van der Waals surface area (Å²) in [6.45, 7) is 2.03. The van der Waals surface area contributed by atoms with Gasteiger partial charge in [0.15, 0.2) is 17.4 Å². The Labute approximate surface area is 240 Å². The van der Waals surface area contributed by atoms with E-state index in [0.29, 0.717) is 44.7 Å². The lowest BCUT2D eigenvalue weighted by Gasteiger charge is -2.41. The van der Waals surface area contributed by atoms with Crippen LogP contribution in [-0.2, 0) is 11.8 Å². The first-order valence-electron chi connectivity index (χ1n) is 13.1. The summed E-state index contributed by atoms with van der Waals surface area (Å²) < 4.78 is 35.0. The van der Waals surface area contributed by atoms with Crippen LogP contribution in [-0.4, -0.2) is 76.4 Å². The van der Waals surface area contributed by atoms with Gasteiger partial charge in [-0.05, 0) is 43.2 Å². The number of carbonyl (C=O) groups excluding carboxylic acids is 3. The van der Waals surface area contributed by atoms with Crippen molar-refractivity contribution >= 4 is 35.0 Å². The fourth-order valence-electron chi connectivity index (χ4n) is 5.16. The van der Waals surface area contributed by atoms with E-state index in [1.165, 1.54) is 49.2 Å². The normalized spacial score (nSPS) is 16.0. The number of likely N-dealkylation sites (tertiary alicyclic amines) is 2. The molecular formula is C28H29ClF2N6O4. The SMILES string of the molecule is COc1ccc(-c2cnc(C(=O)Nc3ccc(C(=O)N4CCC(C(=O)N5CC(N)C5)CC4)c(Cl)c3)n2C)c(F)c1F. The lowest BCUT2D eigenvalue weighted by Crippen LogP contribution is -2.59. The number of piperidine rings is 1. The van der Waals surface area contributed by atoms with Crippen LogP contribution in [0.3, 0.4) is 0 Å². The molecule has 0 saturated carbocycles. The summed E-state index contributed by atoms with van der Waals surface area (Å²) in [4.78, 5) is 46.2. The number of ether oxygens (including phenoxy) is 1. The summed E-state index contributed by atoms with van der Waals surface area (Å²) in [7, 11) is 2.74. The van der Waals surface area contributed by atoms with Gasteiger partial charge in [0.2, 0.25) is 11.7 Å². The lowest BCUT2D eigenvalue weighted by molar-refractivity contribution is -0.141. The molecule has 3 amide bonds. The van der Waals surface area contributed by atoms with Crippen LogP contribution in [0, 0.1) is 17.6 Å². The zero-order valence-electron chi connectivity index (χ0n) is 22.5. The number of halogens is 3. The molecule has 2 aromatic carbocycles. The van der Waals surface area contributed by atoms with Gasteiger partial charge in [0, 0.05) is 56.4 Å². The third-order valence-electron chi connectivity index (χ3n) is 7.54. The minimum atomic E-state index is -1.14. The molecule has 2 saturated heterocycles. The highest BCUT2D eigenvalue weighted by atomic mass is 35.5. The van der Waals surface area contributed by atoms with Crippen LogP contribution in [0.25, 0.3) is 11.3 Å². The summed E-state index contributed by atoms with van der Waals surface area (Å²) in [5, 5.41) is 2.82. The maximum atomic E-state index is 14.6. The number of carbonyl (C=O) groups is 3. The molecule has 2 aliphatic heterocycles. The van der Waals surface area contributed by atoms with E-state index < -0.39 is 17.5 Å². The number of nitrogens with zero attached hydrogens (tertiary/aromatic N) is 4. The molecule has 0 bridgehead atoms. The van der Waals surface area contributed by atoms with Crippen molar-refractivity contribution < 1.29 is 27.9 Å². The Kier molecular flexibility index (Phi) is 7.96. The molecule has 3 heterocycles. The van der Waals surface area contributed by atoms with Gasteiger partial charge in [-0.1, -0.05) is 11.6 Å². The number of hydrogen-bond acceptors (Lipinski definition) is 6. The Morgan fingerprint density at radius 2 is 1.78 bits per heavy atom. The van der Waals surface area contributed by atoms with Crippen molar-refractivity contribution in [2.45, 2.75) is 18.9 Å². The second-order valence-corrected chi connectivity index (χ2v) is 10.6. The lowest BCUT2D eigenvalue weighted by atomic mass is 9.93. The van der Waals surface area contributed by atoms with Crippen molar-refractivity contribution in [3.8, 4) is 17.0 Å². The van der Waals surface area contributed by atoms with E-state index in [0.717, 1.165) is 0 Å². The highest BCUT2D eigenvalue weighted by Gasteiger charge is 2.35. The van der Waals surface area contributed by atoms with Crippen LogP contribution in [0.15, 0.2) is 36.5 Å². The van der Waals surface area contributed by atoms with E-state index in [4.69, 9.17) is 22.1 Å². The van der Waals surface area contributed by atoms with E-state index in [1.807, 2.05) is 0 Å². The summed E-state index contributed by atoms with van der Waals surface area (Å²) >= 11 is 6.43. The van der Waals surface area contributed by atoms with Crippen LogP contribution >= 0.6 is 11.6 Å². The maximum absolute atomic E-state index is 14.6. The highest BCUT2D eigenvalue weighted by Crippen LogP contribution is 2.31. The van der Waals surface area contributed by atoms with Gasteiger partial charge in [0.1, 0.15) is 0 Å². The van der Waals surface area contributed by atoms with Gasteiger partial charge in [0.05, 0.1) is 29.6 Å². The number of hydrogen-bond donors (Lipinski definition) is 2. The highest BCUT2D eigenvalue weighted by molar-refractivity contribution is 6.34. The van der Waals surface area contributed by atoms with Gasteiger partial charge >= 0.3 is 0 Å². The molecule has 0 atom stereocenters. The summed E-state index contributed by atoms with van der Waals surface area (Å²) in [6, 6.07) is 7.20. The van der Waals surface area contributed by atoms with Gasteiger partial charge in [-0.15, -0.1) is 0 Å². The Hall–Kier alpha value is -4.03. The number of benzene rings is 2. The number of amides is 3. The maximum Gasteiger partial charge on any atom is 0.291 e. The van der Waals surface area contributed by atoms with Crippen LogP contribution in [0.5, 0.6) is 5.75 Å². The largest absolute Gasteiger partial charge is 0.494 e. The first-order valence-corrected chi connectivity index (χ1v) is 13.5. The topological polar surface area (TPSA) is 123 Å². The second kappa shape index (κ2) is 11.5. The number of aromatic nitrogens is 2.